The summed E-state index contributed by atoms with van der Waals surface area (Å²) in [6, 6.07) is 0. The van der Waals surface area contributed by atoms with Crippen molar-refractivity contribution in [3.63, 3.8) is 0 Å². The van der Waals surface area contributed by atoms with Crippen LogP contribution in [-0.4, -0.2) is 22.6 Å². The summed E-state index contributed by atoms with van der Waals surface area (Å²) in [7, 11) is 0. The van der Waals surface area contributed by atoms with Crippen LogP contribution in [0.1, 0.15) is 59.3 Å². The maximum atomic E-state index is 12.1. The standard InChI is InChI=1S/C18H28O4/c1-4-18(3,22-17(21)10(2)16(19)20)15-9-11-8-14(15)13-7-5-6-12(11)13/h10-15H,4-9H2,1-3H3,(H,19,20). The molecule has 7 unspecified atom stereocenters. The molecule has 4 heteroatoms. The maximum absolute atomic E-state index is 12.1. The van der Waals surface area contributed by atoms with Gasteiger partial charge in [-0.25, -0.2) is 0 Å². The number of hydrogen-bond acceptors (Lipinski definition) is 3. The van der Waals surface area contributed by atoms with Gasteiger partial charge in [0, 0.05) is 5.92 Å². The molecule has 0 saturated heterocycles. The van der Waals surface area contributed by atoms with Gasteiger partial charge in [-0.15, -0.1) is 0 Å². The van der Waals surface area contributed by atoms with Gasteiger partial charge in [-0.05, 0) is 69.6 Å². The van der Waals surface area contributed by atoms with Crippen molar-refractivity contribution in [2.45, 2.75) is 64.9 Å². The molecule has 0 aromatic carbocycles. The number of carbonyl (C=O) groups is 2. The molecule has 0 radical (unpaired) electrons. The van der Waals surface area contributed by atoms with E-state index >= 15 is 0 Å². The normalized spacial score (nSPS) is 40.0. The summed E-state index contributed by atoms with van der Waals surface area (Å²) in [5.74, 6) is 0.867. The van der Waals surface area contributed by atoms with E-state index in [1.54, 1.807) is 0 Å². The molecular formula is C18H28O4. The van der Waals surface area contributed by atoms with E-state index in [1.807, 2.05) is 6.92 Å². The van der Waals surface area contributed by atoms with E-state index in [2.05, 4.69) is 6.92 Å². The molecule has 3 saturated carbocycles. The highest BCUT2D eigenvalue weighted by Gasteiger charge is 2.58. The lowest BCUT2D eigenvalue weighted by atomic mass is 9.68. The number of esters is 1. The van der Waals surface area contributed by atoms with Crippen LogP contribution in [0.2, 0.25) is 0 Å². The lowest BCUT2D eigenvalue weighted by Crippen LogP contribution is -2.45. The van der Waals surface area contributed by atoms with Crippen LogP contribution >= 0.6 is 0 Å². The Morgan fingerprint density at radius 3 is 2.55 bits per heavy atom. The largest absolute Gasteiger partial charge is 0.481 e. The van der Waals surface area contributed by atoms with Crippen LogP contribution in [0.5, 0.6) is 0 Å². The van der Waals surface area contributed by atoms with E-state index in [9.17, 15) is 9.59 Å². The predicted octanol–water partition coefficient (Wildman–Crippen LogP) is 3.49. The second-order valence-corrected chi connectivity index (χ2v) is 7.91. The number of rotatable bonds is 5. The van der Waals surface area contributed by atoms with Crippen LogP contribution in [0.25, 0.3) is 0 Å². The summed E-state index contributed by atoms with van der Waals surface area (Å²) < 4.78 is 5.78. The van der Waals surface area contributed by atoms with Gasteiger partial charge in [0.2, 0.25) is 0 Å². The Kier molecular flexibility index (Phi) is 3.98. The van der Waals surface area contributed by atoms with Gasteiger partial charge in [0.1, 0.15) is 5.60 Å². The number of carboxylic acids is 1. The summed E-state index contributed by atoms with van der Waals surface area (Å²) in [6.07, 6.45) is 7.29. The van der Waals surface area contributed by atoms with Crippen LogP contribution in [0.3, 0.4) is 0 Å². The lowest BCUT2D eigenvalue weighted by Gasteiger charge is -2.42. The van der Waals surface area contributed by atoms with Crippen molar-refractivity contribution >= 4 is 11.9 Å². The third-order valence-electron chi connectivity index (χ3n) is 6.97. The van der Waals surface area contributed by atoms with E-state index in [-0.39, 0.29) is 0 Å². The van der Waals surface area contributed by atoms with Crippen molar-refractivity contribution in [2.24, 2.45) is 35.5 Å². The molecule has 0 aromatic rings. The van der Waals surface area contributed by atoms with Crippen molar-refractivity contribution in [1.82, 2.24) is 0 Å². The van der Waals surface area contributed by atoms with Crippen molar-refractivity contribution in [3.8, 4) is 0 Å². The molecule has 1 N–H and O–H groups in total. The predicted molar refractivity (Wildman–Crippen MR) is 82.1 cm³/mol. The molecule has 124 valence electrons. The summed E-state index contributed by atoms with van der Waals surface area (Å²) in [5, 5.41) is 9.01. The Morgan fingerprint density at radius 1 is 1.23 bits per heavy atom. The summed E-state index contributed by atoms with van der Waals surface area (Å²) in [5.41, 5.74) is -0.506. The van der Waals surface area contributed by atoms with Gasteiger partial charge in [-0.3, -0.25) is 9.59 Å². The summed E-state index contributed by atoms with van der Waals surface area (Å²) in [4.78, 5) is 23.2. The first kappa shape index (κ1) is 15.8. The van der Waals surface area contributed by atoms with Gasteiger partial charge in [0.15, 0.2) is 5.92 Å². The Labute approximate surface area is 132 Å². The third kappa shape index (κ3) is 2.35. The molecule has 0 amide bonds. The third-order valence-corrected chi connectivity index (χ3v) is 6.97. The molecule has 0 aromatic heterocycles. The molecule has 3 aliphatic carbocycles. The Bertz CT molecular complexity index is 474. The van der Waals surface area contributed by atoms with Gasteiger partial charge in [-0.1, -0.05) is 13.3 Å². The molecule has 0 heterocycles. The monoisotopic (exact) mass is 308 g/mol. The van der Waals surface area contributed by atoms with Crippen LogP contribution in [-0.2, 0) is 14.3 Å². The van der Waals surface area contributed by atoms with Crippen molar-refractivity contribution < 1.29 is 19.4 Å². The first-order chi connectivity index (χ1) is 10.4. The van der Waals surface area contributed by atoms with Gasteiger partial charge >= 0.3 is 11.9 Å². The fraction of sp³-hybridized carbons (Fsp3) is 0.889. The van der Waals surface area contributed by atoms with E-state index in [0.717, 1.165) is 30.6 Å². The van der Waals surface area contributed by atoms with E-state index in [0.29, 0.717) is 11.8 Å². The second-order valence-electron chi connectivity index (χ2n) is 7.91. The van der Waals surface area contributed by atoms with E-state index in [1.165, 1.54) is 32.6 Å². The highest BCUT2D eigenvalue weighted by atomic mass is 16.6. The Morgan fingerprint density at radius 2 is 1.91 bits per heavy atom. The topological polar surface area (TPSA) is 63.6 Å². The number of fused-ring (bicyclic) bond motifs is 5. The Balaban J connectivity index is 1.74. The second kappa shape index (κ2) is 5.54. The zero-order chi connectivity index (χ0) is 16.1. The van der Waals surface area contributed by atoms with Crippen molar-refractivity contribution in [3.05, 3.63) is 0 Å². The summed E-state index contributed by atoms with van der Waals surface area (Å²) >= 11 is 0. The number of carboxylic acid groups (broad SMARTS) is 1. The summed E-state index contributed by atoms with van der Waals surface area (Å²) in [6.45, 7) is 5.49. The maximum Gasteiger partial charge on any atom is 0.320 e. The quantitative estimate of drug-likeness (QED) is 0.624. The molecule has 3 aliphatic rings. The molecule has 4 nitrogen and oxygen atoms in total. The van der Waals surface area contributed by atoms with Crippen LogP contribution in [0.4, 0.5) is 0 Å². The zero-order valence-electron chi connectivity index (χ0n) is 13.9. The molecule has 22 heavy (non-hydrogen) atoms. The first-order valence-electron chi connectivity index (χ1n) is 8.83. The van der Waals surface area contributed by atoms with E-state index < -0.39 is 23.5 Å². The molecule has 0 spiro atoms. The van der Waals surface area contributed by atoms with Gasteiger partial charge in [-0.2, -0.15) is 0 Å². The minimum Gasteiger partial charge on any atom is -0.481 e. The molecule has 0 aliphatic heterocycles. The number of ether oxygens (including phenoxy) is 1. The van der Waals surface area contributed by atoms with Crippen LogP contribution in [0, 0.1) is 35.5 Å². The van der Waals surface area contributed by atoms with Gasteiger partial charge < -0.3 is 9.84 Å². The highest BCUT2D eigenvalue weighted by molar-refractivity contribution is 5.93. The lowest BCUT2D eigenvalue weighted by molar-refractivity contribution is -0.177. The number of carbonyl (C=O) groups excluding carboxylic acids is 1. The fourth-order valence-electron chi connectivity index (χ4n) is 5.60. The SMILES string of the molecule is CCC(C)(OC(=O)C(C)C(=O)O)C1CC2CC1C1CCCC21. The molecule has 3 fully saturated rings. The van der Waals surface area contributed by atoms with Crippen LogP contribution < -0.4 is 0 Å². The fourth-order valence-corrected chi connectivity index (χ4v) is 5.60. The zero-order valence-corrected chi connectivity index (χ0v) is 13.9. The minimum absolute atomic E-state index is 0.409. The average molecular weight is 308 g/mol. The number of hydrogen-bond donors (Lipinski definition) is 1. The van der Waals surface area contributed by atoms with Crippen molar-refractivity contribution in [2.75, 3.05) is 0 Å². The molecular weight excluding hydrogens is 280 g/mol. The minimum atomic E-state index is -1.10. The average Bonchev–Trinajstić information content (AvgIpc) is 3.17. The molecule has 2 bridgehead atoms. The molecule has 3 rings (SSSR count). The smallest absolute Gasteiger partial charge is 0.320 e. The van der Waals surface area contributed by atoms with Gasteiger partial charge in [0.25, 0.3) is 0 Å². The van der Waals surface area contributed by atoms with Crippen LogP contribution in [0.15, 0.2) is 0 Å². The molecule has 7 atom stereocenters. The highest BCUT2D eigenvalue weighted by Crippen LogP contribution is 2.63. The first-order valence-corrected chi connectivity index (χ1v) is 8.83. The number of aliphatic carboxylic acids is 1. The van der Waals surface area contributed by atoms with Gasteiger partial charge in [0.05, 0.1) is 0 Å². The Hall–Kier alpha value is -1.06. The van der Waals surface area contributed by atoms with Crippen molar-refractivity contribution in [1.29, 1.82) is 0 Å². The van der Waals surface area contributed by atoms with E-state index in [4.69, 9.17) is 9.84 Å².